The maximum atomic E-state index is 12.3. The monoisotopic (exact) mass is 513 g/mol. The van der Waals surface area contributed by atoms with Crippen molar-refractivity contribution in [3.63, 3.8) is 0 Å². The molecule has 0 N–H and O–H groups in total. The van der Waals surface area contributed by atoms with Crippen molar-refractivity contribution in [2.24, 2.45) is 45.8 Å². The minimum atomic E-state index is 0.0351. The van der Waals surface area contributed by atoms with Crippen LogP contribution >= 0.6 is 0 Å². The summed E-state index contributed by atoms with van der Waals surface area (Å²) in [6, 6.07) is 11.7. The van der Waals surface area contributed by atoms with E-state index in [1.165, 1.54) is 62.6 Å². The Morgan fingerprint density at radius 1 is 1.03 bits per heavy atom. The Bertz CT molecular complexity index is 1190. The molecule has 2 spiro atoms. The Balaban J connectivity index is 1.12. The van der Waals surface area contributed by atoms with Crippen LogP contribution in [0.15, 0.2) is 42.0 Å². The Kier molecular flexibility index (Phi) is 5.03. The third-order valence-electron chi connectivity index (χ3n) is 14.1. The molecule has 8 rings (SSSR count). The summed E-state index contributed by atoms with van der Waals surface area (Å²) < 4.78 is 7.51. The summed E-state index contributed by atoms with van der Waals surface area (Å²) >= 11 is 0. The van der Waals surface area contributed by atoms with Gasteiger partial charge < -0.3 is 4.74 Å². The van der Waals surface area contributed by atoms with E-state index in [1.807, 2.05) is 0 Å². The van der Waals surface area contributed by atoms with Gasteiger partial charge in [0.05, 0.1) is 11.7 Å². The van der Waals surface area contributed by atoms with Gasteiger partial charge in [-0.25, -0.2) is 0 Å². The second-order valence-corrected chi connectivity index (χ2v) is 15.5. The number of carbonyl (C=O) groups is 1. The molecule has 4 saturated carbocycles. The van der Waals surface area contributed by atoms with Crippen LogP contribution in [0.3, 0.4) is 0 Å². The number of hydrogen-bond acceptors (Lipinski definition) is 3. The van der Waals surface area contributed by atoms with Crippen LogP contribution in [0, 0.1) is 45.8 Å². The topological polar surface area (TPSA) is 29.5 Å². The molecule has 1 aromatic rings. The number of piperidine rings is 1. The van der Waals surface area contributed by atoms with E-state index in [0.717, 1.165) is 37.1 Å². The first-order chi connectivity index (χ1) is 18.2. The fraction of sp³-hybridized carbons (Fsp3) is 0.743. The molecule has 3 nitrogen and oxygen atoms in total. The third kappa shape index (κ3) is 2.91. The van der Waals surface area contributed by atoms with Crippen molar-refractivity contribution < 1.29 is 9.53 Å². The highest BCUT2D eigenvalue weighted by molar-refractivity contribution is 5.91. The summed E-state index contributed by atoms with van der Waals surface area (Å²) in [5.74, 6) is 4.15. The lowest BCUT2D eigenvalue weighted by molar-refractivity contribution is -0.148. The predicted molar refractivity (Wildman–Crippen MR) is 150 cm³/mol. The summed E-state index contributed by atoms with van der Waals surface area (Å²) in [6.45, 7) is 12.5. The maximum absolute atomic E-state index is 12.3. The number of rotatable bonds is 2. The first-order valence-corrected chi connectivity index (χ1v) is 15.9. The van der Waals surface area contributed by atoms with Gasteiger partial charge in [-0.1, -0.05) is 63.6 Å². The molecule has 1 aromatic carbocycles. The van der Waals surface area contributed by atoms with Crippen LogP contribution in [0.2, 0.25) is 0 Å². The summed E-state index contributed by atoms with van der Waals surface area (Å²) in [5.41, 5.74) is 4.02. The van der Waals surface area contributed by atoms with Crippen molar-refractivity contribution >= 4 is 5.78 Å². The van der Waals surface area contributed by atoms with Gasteiger partial charge in [-0.2, -0.15) is 0 Å². The standard InChI is InChI=1S/C35H47NO2/c1-22-16-30-31(36(19-22)20-24-8-6-5-7-9-24)23(2)35(38-30)15-13-28-27-11-10-25-17-26(37)12-14-32(25,3)29(27)18-34(28)21-33(34,35)4/h5-9,17,22-23,27-31H,10-16,18-21H2,1-4H3/t22-,23+,27?,28-,29-,30+,31-,32-,33?,34?,35+/m0/s1. The van der Waals surface area contributed by atoms with Gasteiger partial charge in [0.25, 0.3) is 0 Å². The molecule has 6 fully saturated rings. The van der Waals surface area contributed by atoms with E-state index < -0.39 is 0 Å². The van der Waals surface area contributed by atoms with Gasteiger partial charge in [-0.05, 0) is 97.5 Å². The zero-order valence-corrected chi connectivity index (χ0v) is 24.0. The second kappa shape index (κ2) is 7.84. The lowest BCUT2D eigenvalue weighted by atomic mass is 9.56. The highest BCUT2D eigenvalue weighted by Crippen LogP contribution is 2.87. The molecule has 5 aliphatic carbocycles. The number of carbonyl (C=O) groups excluding carboxylic acids is 1. The van der Waals surface area contributed by atoms with E-state index >= 15 is 0 Å². The van der Waals surface area contributed by atoms with E-state index in [4.69, 9.17) is 4.74 Å². The van der Waals surface area contributed by atoms with Gasteiger partial charge in [0.1, 0.15) is 0 Å². The van der Waals surface area contributed by atoms with Crippen LogP contribution in [0.25, 0.3) is 0 Å². The molecule has 2 aliphatic heterocycles. The molecular weight excluding hydrogens is 466 g/mol. The van der Waals surface area contributed by atoms with Crippen LogP contribution in [0.1, 0.15) is 91.0 Å². The zero-order chi connectivity index (χ0) is 26.1. The molecule has 0 aromatic heterocycles. The highest BCUT2D eigenvalue weighted by atomic mass is 16.5. The maximum Gasteiger partial charge on any atom is 0.155 e. The second-order valence-electron chi connectivity index (χ2n) is 15.5. The number of ketones is 1. The Morgan fingerprint density at radius 2 is 1.84 bits per heavy atom. The fourth-order valence-electron chi connectivity index (χ4n) is 12.4. The van der Waals surface area contributed by atoms with Crippen LogP contribution in [0.4, 0.5) is 0 Å². The number of fused-ring (bicyclic) bond motifs is 6. The van der Waals surface area contributed by atoms with Crippen molar-refractivity contribution in [3.05, 3.63) is 47.5 Å². The molecule has 11 atom stereocenters. The first kappa shape index (κ1) is 24.4. The molecule has 38 heavy (non-hydrogen) atoms. The van der Waals surface area contributed by atoms with Crippen molar-refractivity contribution in [2.75, 3.05) is 6.54 Å². The normalized spacial score (nSPS) is 53.0. The van der Waals surface area contributed by atoms with Crippen LogP contribution in [0.5, 0.6) is 0 Å². The molecule has 204 valence electrons. The van der Waals surface area contributed by atoms with Gasteiger partial charge >= 0.3 is 0 Å². The predicted octanol–water partition coefficient (Wildman–Crippen LogP) is 7.20. The molecule has 0 amide bonds. The molecule has 2 saturated heterocycles. The Hall–Kier alpha value is -1.45. The quantitative estimate of drug-likeness (QED) is 0.419. The number of nitrogens with zero attached hydrogens (tertiary/aromatic N) is 1. The van der Waals surface area contributed by atoms with Gasteiger partial charge in [-0.15, -0.1) is 0 Å². The summed E-state index contributed by atoms with van der Waals surface area (Å²) in [6.07, 6.45) is 13.4. The summed E-state index contributed by atoms with van der Waals surface area (Å²) in [4.78, 5) is 15.1. The average Bonchev–Trinajstić information content (AvgIpc) is 3.23. The lowest BCUT2D eigenvalue weighted by Crippen LogP contribution is -2.54. The molecule has 3 unspecified atom stereocenters. The largest absolute Gasteiger partial charge is 0.369 e. The number of benzene rings is 1. The van der Waals surface area contributed by atoms with Crippen LogP contribution in [-0.4, -0.2) is 35.0 Å². The van der Waals surface area contributed by atoms with Gasteiger partial charge in [0.2, 0.25) is 0 Å². The van der Waals surface area contributed by atoms with E-state index in [0.29, 0.717) is 40.6 Å². The molecule has 7 aliphatic rings. The van der Waals surface area contributed by atoms with E-state index in [1.54, 1.807) is 0 Å². The Labute approximate surface area is 229 Å². The van der Waals surface area contributed by atoms with E-state index in [9.17, 15) is 4.79 Å². The van der Waals surface area contributed by atoms with Gasteiger partial charge in [0.15, 0.2) is 5.78 Å². The van der Waals surface area contributed by atoms with Crippen LogP contribution < -0.4 is 0 Å². The number of allylic oxidation sites excluding steroid dienone is 2. The Morgan fingerprint density at radius 3 is 2.66 bits per heavy atom. The van der Waals surface area contributed by atoms with Crippen molar-refractivity contribution in [3.8, 4) is 0 Å². The molecular formula is C35H47NO2. The van der Waals surface area contributed by atoms with Crippen molar-refractivity contribution in [1.29, 1.82) is 0 Å². The number of likely N-dealkylation sites (tertiary alicyclic amines) is 1. The average molecular weight is 514 g/mol. The van der Waals surface area contributed by atoms with Gasteiger partial charge in [-0.3, -0.25) is 9.69 Å². The minimum Gasteiger partial charge on any atom is -0.369 e. The molecule has 0 radical (unpaired) electrons. The lowest BCUT2D eigenvalue weighted by Gasteiger charge is -2.50. The van der Waals surface area contributed by atoms with Crippen molar-refractivity contribution in [2.45, 2.75) is 110 Å². The molecule has 3 heteroatoms. The minimum absolute atomic E-state index is 0.0351. The third-order valence-corrected chi connectivity index (χ3v) is 14.1. The van der Waals surface area contributed by atoms with Crippen LogP contribution in [-0.2, 0) is 16.1 Å². The number of ether oxygens (including phenoxy) is 1. The smallest absolute Gasteiger partial charge is 0.155 e. The zero-order valence-electron chi connectivity index (χ0n) is 24.0. The molecule has 0 bridgehead atoms. The highest BCUT2D eigenvalue weighted by Gasteiger charge is 2.84. The summed E-state index contributed by atoms with van der Waals surface area (Å²) in [5, 5.41) is 0. The fourth-order valence-corrected chi connectivity index (χ4v) is 12.4. The number of hydrogen-bond donors (Lipinski definition) is 0. The van der Waals surface area contributed by atoms with Gasteiger partial charge in [0, 0.05) is 36.9 Å². The SMILES string of the molecule is C[C@H]1C[C@H]2O[C@]3(CC[C@H]4C5CCC6=CC(=O)CC[C@]6(C)[C@H]5CC45CC53C)[C@H](C)[C@@H]2N(Cc2ccccc2)C1. The summed E-state index contributed by atoms with van der Waals surface area (Å²) in [7, 11) is 0. The first-order valence-electron chi connectivity index (χ1n) is 15.9. The van der Waals surface area contributed by atoms with Crippen molar-refractivity contribution in [1.82, 2.24) is 4.90 Å². The molecule has 2 heterocycles. The van der Waals surface area contributed by atoms with E-state index in [-0.39, 0.29) is 11.0 Å². The van der Waals surface area contributed by atoms with E-state index in [2.05, 4.69) is 69.0 Å².